The predicted molar refractivity (Wildman–Crippen MR) is 182 cm³/mol. The fourth-order valence-electron chi connectivity index (χ4n) is 6.49. The van der Waals surface area contributed by atoms with Gasteiger partial charge in [0.2, 0.25) is 0 Å². The lowest BCUT2D eigenvalue weighted by Gasteiger charge is -2.34. The Morgan fingerprint density at radius 2 is 2.02 bits per heavy atom. The number of ether oxygens (including phenoxy) is 1. The lowest BCUT2D eigenvalue weighted by molar-refractivity contribution is 0.158. The molecule has 1 fully saturated rings. The van der Waals surface area contributed by atoms with Crippen LogP contribution in [0.2, 0.25) is 0 Å². The van der Waals surface area contributed by atoms with Gasteiger partial charge in [0, 0.05) is 42.4 Å². The lowest BCUT2D eigenvalue weighted by atomic mass is 9.90. The van der Waals surface area contributed by atoms with Crippen LogP contribution in [0.4, 0.5) is 4.39 Å². The Bertz CT molecular complexity index is 1700. The number of aryl methyl sites for hydroxylation is 2. The van der Waals surface area contributed by atoms with E-state index in [0.29, 0.717) is 40.6 Å². The normalized spacial score (nSPS) is 18.0. The minimum absolute atomic E-state index is 0.0117. The second kappa shape index (κ2) is 15.1. The first-order chi connectivity index (χ1) is 22.1. The molecule has 1 aliphatic heterocycles. The lowest BCUT2D eigenvalue weighted by Crippen LogP contribution is -2.47. The summed E-state index contributed by atoms with van der Waals surface area (Å²) in [5.41, 5.74) is 16.1. The van der Waals surface area contributed by atoms with Crippen molar-refractivity contribution in [3.8, 4) is 16.9 Å². The summed E-state index contributed by atoms with van der Waals surface area (Å²) in [7, 11) is 1.67. The molecule has 5 rings (SSSR count). The smallest absolute Gasteiger partial charge is 0.354 e. The van der Waals surface area contributed by atoms with Gasteiger partial charge in [0.1, 0.15) is 17.3 Å². The van der Waals surface area contributed by atoms with Gasteiger partial charge < -0.3 is 31.8 Å². The van der Waals surface area contributed by atoms with Gasteiger partial charge in [0.15, 0.2) is 0 Å². The number of halogens is 1. The Labute approximate surface area is 269 Å². The highest BCUT2D eigenvalue weighted by molar-refractivity contribution is 5.83. The Balaban J connectivity index is 1.32. The summed E-state index contributed by atoms with van der Waals surface area (Å²) in [4.78, 5) is 20.6. The van der Waals surface area contributed by atoms with Crippen molar-refractivity contribution in [3.63, 3.8) is 0 Å². The average molecular weight is 631 g/mol. The molecule has 0 bridgehead atoms. The predicted octanol–water partition coefficient (Wildman–Crippen LogP) is 4.61. The molecule has 246 valence electrons. The van der Waals surface area contributed by atoms with E-state index in [9.17, 15) is 4.79 Å². The summed E-state index contributed by atoms with van der Waals surface area (Å²) < 4.78 is 22.2. The first-order valence-corrected chi connectivity index (χ1v) is 16.2. The topological polar surface area (TPSA) is 160 Å². The number of H-pyrrole nitrogens is 1. The molecule has 11 heteroatoms. The van der Waals surface area contributed by atoms with Crippen LogP contribution < -0.4 is 27.8 Å². The van der Waals surface area contributed by atoms with Crippen molar-refractivity contribution >= 4 is 16.9 Å². The Morgan fingerprint density at radius 3 is 2.74 bits per heavy atom. The van der Waals surface area contributed by atoms with E-state index in [0.717, 1.165) is 61.5 Å². The first kappa shape index (κ1) is 33.5. The van der Waals surface area contributed by atoms with E-state index >= 15 is 4.39 Å². The van der Waals surface area contributed by atoms with Crippen LogP contribution in [0.3, 0.4) is 0 Å². The molecule has 0 saturated carbocycles. The fraction of sp³-hybridized carbons (Fsp3) is 0.457. The quantitative estimate of drug-likeness (QED) is 0.0929. The van der Waals surface area contributed by atoms with E-state index in [2.05, 4.69) is 32.7 Å². The second-order valence-corrected chi connectivity index (χ2v) is 12.7. The molecule has 0 amide bonds. The monoisotopic (exact) mass is 630 g/mol. The third-order valence-corrected chi connectivity index (χ3v) is 8.81. The zero-order valence-electron chi connectivity index (χ0n) is 27.0. The molecule has 0 radical (unpaired) electrons. The first-order valence-electron chi connectivity index (χ1n) is 16.2. The van der Waals surface area contributed by atoms with Crippen molar-refractivity contribution in [2.45, 2.75) is 83.0 Å². The van der Waals surface area contributed by atoms with Crippen LogP contribution >= 0.6 is 0 Å². The molecule has 2 aromatic heterocycles. The van der Waals surface area contributed by atoms with E-state index in [1.165, 1.54) is 4.57 Å². The summed E-state index contributed by atoms with van der Waals surface area (Å²) >= 11 is 0. The Hall–Kier alpha value is -3.90. The number of nitrogens with zero attached hydrogens (tertiary/aromatic N) is 2. The highest BCUT2D eigenvalue weighted by atomic mass is 19.1. The number of piperidine rings is 1. The van der Waals surface area contributed by atoms with Crippen LogP contribution in [0, 0.1) is 18.2 Å². The van der Waals surface area contributed by atoms with E-state index in [1.54, 1.807) is 20.2 Å². The van der Waals surface area contributed by atoms with Crippen LogP contribution in [-0.4, -0.2) is 58.8 Å². The van der Waals surface area contributed by atoms with Crippen LogP contribution in [0.5, 0.6) is 0 Å². The van der Waals surface area contributed by atoms with Crippen molar-refractivity contribution < 1.29 is 9.13 Å². The molecule has 0 unspecified atom stereocenters. The number of aromatic nitrogens is 3. The number of benzene rings is 2. The molecule has 4 atom stereocenters. The van der Waals surface area contributed by atoms with Gasteiger partial charge in [-0.15, -0.1) is 0 Å². The highest BCUT2D eigenvalue weighted by Gasteiger charge is 2.25. The standard InChI is InChI=1S/C35H47FN8O2/c1-21-14-23(7-4-6-22(2)38)15-29(33(21)36)31-16-25-19-44(35(45)43-34(25)42-31)28-12-10-24(11-13-28)30-9-5-8-26(40-30)17-27(20-46-3)41-32(39)18-37/h10-16,19,22,26-27,30,40H,4-9,17-18,20,37-38H2,1-3H3,(H2,39,41)(H,42,43,45)/t22-,26-,27-,30-/m0/s1. The van der Waals surface area contributed by atoms with Gasteiger partial charge in [0.05, 0.1) is 30.6 Å². The third kappa shape index (κ3) is 8.08. The van der Waals surface area contributed by atoms with Crippen molar-refractivity contribution in [1.82, 2.24) is 25.2 Å². The van der Waals surface area contributed by atoms with Crippen molar-refractivity contribution in [3.05, 3.63) is 81.7 Å². The van der Waals surface area contributed by atoms with Crippen LogP contribution in [-0.2, 0) is 11.2 Å². The second-order valence-electron chi connectivity index (χ2n) is 12.7. The van der Waals surface area contributed by atoms with Crippen molar-refractivity contribution in [2.75, 3.05) is 20.3 Å². The van der Waals surface area contributed by atoms with Crippen LogP contribution in [0.1, 0.15) is 68.2 Å². The Morgan fingerprint density at radius 1 is 1.24 bits per heavy atom. The van der Waals surface area contributed by atoms with Crippen molar-refractivity contribution in [1.29, 1.82) is 5.41 Å². The molecule has 4 aromatic rings. The molecule has 0 aliphatic carbocycles. The molecular weight excluding hydrogens is 583 g/mol. The van der Waals surface area contributed by atoms with Gasteiger partial charge >= 0.3 is 5.69 Å². The number of methoxy groups -OCH3 is 1. The molecule has 8 N–H and O–H groups in total. The number of fused-ring (bicyclic) bond motifs is 1. The maximum absolute atomic E-state index is 15.3. The fourth-order valence-corrected chi connectivity index (χ4v) is 6.49. The molecule has 0 spiro atoms. The number of rotatable bonds is 13. The minimum atomic E-state index is -0.412. The largest absolute Gasteiger partial charge is 0.383 e. The maximum atomic E-state index is 15.3. The highest BCUT2D eigenvalue weighted by Crippen LogP contribution is 2.30. The molecule has 1 aliphatic rings. The number of aromatic amines is 1. The Kier molecular flexibility index (Phi) is 11.0. The minimum Gasteiger partial charge on any atom is -0.383 e. The number of amidine groups is 1. The molecular formula is C35H47FN8O2. The van der Waals surface area contributed by atoms with E-state index < -0.39 is 5.69 Å². The van der Waals surface area contributed by atoms with E-state index in [4.69, 9.17) is 21.6 Å². The van der Waals surface area contributed by atoms with Crippen LogP contribution in [0.15, 0.2) is 53.5 Å². The summed E-state index contributed by atoms with van der Waals surface area (Å²) in [6, 6.07) is 14.2. The summed E-state index contributed by atoms with van der Waals surface area (Å²) in [6.45, 7) is 4.44. The van der Waals surface area contributed by atoms with Gasteiger partial charge in [-0.2, -0.15) is 4.98 Å². The van der Waals surface area contributed by atoms with Gasteiger partial charge in [-0.1, -0.05) is 24.6 Å². The summed E-state index contributed by atoms with van der Waals surface area (Å²) in [6.07, 6.45) is 8.39. The number of nitrogens with one attached hydrogen (secondary N) is 4. The number of hydrogen-bond donors (Lipinski definition) is 6. The molecule has 1 saturated heterocycles. The zero-order chi connectivity index (χ0) is 32.8. The van der Waals surface area contributed by atoms with Gasteiger partial charge in [0.25, 0.3) is 0 Å². The molecule has 3 heterocycles. The van der Waals surface area contributed by atoms with Gasteiger partial charge in [-0.25, -0.2) is 9.18 Å². The molecule has 10 nitrogen and oxygen atoms in total. The van der Waals surface area contributed by atoms with Crippen molar-refractivity contribution in [2.24, 2.45) is 11.5 Å². The SMILES string of the molecule is COC[C@H](C[C@@H]1CCC[C@@H](c2ccc(-n3cc4cc(-c5cc(CCC[C@H](C)N)cc(C)c5F)[nH]c4nc3=O)cc2)N1)NC(=N)CN. The molecule has 2 aromatic carbocycles. The van der Waals surface area contributed by atoms with Gasteiger partial charge in [-0.3, -0.25) is 9.98 Å². The average Bonchev–Trinajstić information content (AvgIpc) is 3.45. The molecule has 46 heavy (non-hydrogen) atoms. The van der Waals surface area contributed by atoms with Gasteiger partial charge in [-0.05, 0) is 93.3 Å². The number of nitrogens with two attached hydrogens (primary N) is 2. The number of hydrogen-bond acceptors (Lipinski definition) is 7. The maximum Gasteiger partial charge on any atom is 0.354 e. The van der Waals surface area contributed by atoms with Crippen LogP contribution in [0.25, 0.3) is 28.0 Å². The summed E-state index contributed by atoms with van der Waals surface area (Å²) in [5, 5.41) is 15.6. The zero-order valence-corrected chi connectivity index (χ0v) is 27.0. The van der Waals surface area contributed by atoms with E-state index in [1.807, 2.05) is 37.3 Å². The third-order valence-electron chi connectivity index (χ3n) is 8.81. The van der Waals surface area contributed by atoms with E-state index in [-0.39, 0.29) is 36.5 Å². The summed E-state index contributed by atoms with van der Waals surface area (Å²) in [5.74, 6) is 0.0244.